The molecule has 0 aromatic heterocycles. The third-order valence-electron chi connectivity index (χ3n) is 6.76. The molecule has 0 spiro atoms. The second-order valence-electron chi connectivity index (χ2n) is 9.39. The molecule has 1 N–H and O–H groups in total. The molecule has 1 atom stereocenters. The highest BCUT2D eigenvalue weighted by Gasteiger charge is 2.33. The van der Waals surface area contributed by atoms with Gasteiger partial charge in [-0.1, -0.05) is 48.4 Å². The van der Waals surface area contributed by atoms with Crippen LogP contribution in [0, 0.1) is 12.8 Å². The lowest BCUT2D eigenvalue weighted by Gasteiger charge is -2.31. The van der Waals surface area contributed by atoms with E-state index in [0.717, 1.165) is 17.7 Å². The molecular formula is C26H35N3O3S. The van der Waals surface area contributed by atoms with Gasteiger partial charge in [0.05, 0.1) is 10.8 Å². The van der Waals surface area contributed by atoms with Gasteiger partial charge >= 0.3 is 0 Å². The van der Waals surface area contributed by atoms with Crippen LogP contribution < -0.4 is 5.32 Å². The van der Waals surface area contributed by atoms with E-state index in [4.69, 9.17) is 0 Å². The predicted octanol–water partition coefficient (Wildman–Crippen LogP) is 3.70. The van der Waals surface area contributed by atoms with Crippen LogP contribution in [0.15, 0.2) is 53.4 Å². The van der Waals surface area contributed by atoms with Crippen LogP contribution in [-0.4, -0.2) is 49.7 Å². The molecule has 2 aliphatic rings. The van der Waals surface area contributed by atoms with Crippen LogP contribution in [-0.2, 0) is 27.9 Å². The highest BCUT2D eigenvalue weighted by molar-refractivity contribution is 7.89. The van der Waals surface area contributed by atoms with Crippen LogP contribution in [0.25, 0.3) is 0 Å². The van der Waals surface area contributed by atoms with Crippen molar-refractivity contribution >= 4 is 15.9 Å². The fraction of sp³-hybridized carbons (Fsp3) is 0.500. The molecule has 1 amide bonds. The van der Waals surface area contributed by atoms with E-state index in [0.29, 0.717) is 30.8 Å². The molecule has 2 aromatic rings. The molecule has 0 saturated carbocycles. The fourth-order valence-corrected chi connectivity index (χ4v) is 6.23. The number of likely N-dealkylation sites (tertiary alicyclic amines) is 1. The number of hydrogen-bond donors (Lipinski definition) is 1. The summed E-state index contributed by atoms with van der Waals surface area (Å²) in [7, 11) is -3.58. The van der Waals surface area contributed by atoms with Gasteiger partial charge in [-0.25, -0.2) is 8.42 Å². The van der Waals surface area contributed by atoms with Gasteiger partial charge in [0.2, 0.25) is 15.9 Å². The Balaban J connectivity index is 1.29. The largest absolute Gasteiger partial charge is 0.352 e. The van der Waals surface area contributed by atoms with Crippen LogP contribution in [0.5, 0.6) is 0 Å². The van der Waals surface area contributed by atoms with E-state index in [1.165, 1.54) is 42.2 Å². The second-order valence-corrected chi connectivity index (χ2v) is 11.3. The zero-order chi connectivity index (χ0) is 23.3. The molecule has 0 aliphatic carbocycles. The molecule has 7 heteroatoms. The second kappa shape index (κ2) is 10.8. The summed E-state index contributed by atoms with van der Waals surface area (Å²) >= 11 is 0. The van der Waals surface area contributed by atoms with Crippen LogP contribution in [0.2, 0.25) is 0 Å². The molecule has 4 rings (SSSR count). The Morgan fingerprint density at radius 3 is 2.27 bits per heavy atom. The smallest absolute Gasteiger partial charge is 0.243 e. The van der Waals surface area contributed by atoms with Gasteiger partial charge in [0.15, 0.2) is 0 Å². The van der Waals surface area contributed by atoms with Crippen LogP contribution in [0.3, 0.4) is 0 Å². The van der Waals surface area contributed by atoms with Gasteiger partial charge in [0.25, 0.3) is 0 Å². The first-order valence-electron chi connectivity index (χ1n) is 12.1. The van der Waals surface area contributed by atoms with Crippen molar-refractivity contribution in [1.82, 2.24) is 14.5 Å². The van der Waals surface area contributed by atoms with E-state index in [1.54, 1.807) is 24.3 Å². The van der Waals surface area contributed by atoms with Gasteiger partial charge < -0.3 is 5.32 Å². The Morgan fingerprint density at radius 1 is 0.909 bits per heavy atom. The average Bonchev–Trinajstić information content (AvgIpc) is 2.84. The first-order valence-corrected chi connectivity index (χ1v) is 13.5. The third kappa shape index (κ3) is 6.22. The van der Waals surface area contributed by atoms with E-state index < -0.39 is 10.0 Å². The predicted molar refractivity (Wildman–Crippen MR) is 130 cm³/mol. The normalized spacial score (nSPS) is 20.5. The number of amides is 1. The minimum atomic E-state index is -3.58. The molecule has 2 saturated heterocycles. The molecular weight excluding hydrogens is 434 g/mol. The molecule has 0 bridgehead atoms. The van der Waals surface area contributed by atoms with Crippen molar-refractivity contribution in [2.24, 2.45) is 5.92 Å². The number of carbonyl (C=O) groups excluding carboxylic acids is 1. The summed E-state index contributed by atoms with van der Waals surface area (Å²) in [5.74, 6) is -0.395. The van der Waals surface area contributed by atoms with Crippen LogP contribution in [0.1, 0.15) is 48.8 Å². The summed E-state index contributed by atoms with van der Waals surface area (Å²) in [6.07, 6.45) is 5.31. The lowest BCUT2D eigenvalue weighted by atomic mass is 9.98. The molecule has 33 heavy (non-hydrogen) atoms. The van der Waals surface area contributed by atoms with Crippen LogP contribution >= 0.6 is 0 Å². The Labute approximate surface area is 198 Å². The van der Waals surface area contributed by atoms with Gasteiger partial charge in [-0.05, 0) is 69.0 Å². The van der Waals surface area contributed by atoms with E-state index in [9.17, 15) is 13.2 Å². The maximum absolute atomic E-state index is 13.0. The Bertz CT molecular complexity index is 1030. The summed E-state index contributed by atoms with van der Waals surface area (Å²) in [4.78, 5) is 15.6. The van der Waals surface area contributed by atoms with E-state index >= 15 is 0 Å². The van der Waals surface area contributed by atoms with E-state index in [1.807, 2.05) is 6.92 Å². The van der Waals surface area contributed by atoms with Crippen molar-refractivity contribution in [3.8, 4) is 0 Å². The van der Waals surface area contributed by atoms with Gasteiger partial charge in [0.1, 0.15) is 0 Å². The van der Waals surface area contributed by atoms with E-state index in [2.05, 4.69) is 34.5 Å². The Hall–Kier alpha value is -2.22. The third-order valence-corrected chi connectivity index (χ3v) is 8.64. The van der Waals surface area contributed by atoms with Crippen molar-refractivity contribution in [2.75, 3.05) is 26.2 Å². The van der Waals surface area contributed by atoms with E-state index in [-0.39, 0.29) is 18.4 Å². The van der Waals surface area contributed by atoms with Crippen LogP contribution in [0.4, 0.5) is 0 Å². The van der Waals surface area contributed by atoms with Gasteiger partial charge in [-0.3, -0.25) is 9.69 Å². The first-order chi connectivity index (χ1) is 15.9. The maximum atomic E-state index is 13.0. The van der Waals surface area contributed by atoms with Gasteiger partial charge in [-0.15, -0.1) is 0 Å². The zero-order valence-corrected chi connectivity index (χ0v) is 20.3. The molecule has 1 unspecified atom stereocenters. The number of sulfonamides is 1. The number of nitrogens with zero attached hydrogens (tertiary/aromatic N) is 2. The molecule has 6 nitrogen and oxygen atoms in total. The van der Waals surface area contributed by atoms with Gasteiger partial charge in [-0.2, -0.15) is 4.31 Å². The van der Waals surface area contributed by atoms with Crippen molar-refractivity contribution in [3.63, 3.8) is 0 Å². The lowest BCUT2D eigenvalue weighted by molar-refractivity contribution is -0.126. The number of hydrogen-bond acceptors (Lipinski definition) is 4. The number of benzene rings is 2. The first kappa shape index (κ1) is 23.9. The summed E-state index contributed by atoms with van der Waals surface area (Å²) in [6.45, 7) is 6.42. The standard InChI is InChI=1S/C26H35N3O3S/c1-21-7-13-25(14-8-21)33(31,32)29-17-5-6-24(20-29)26(30)27-18-22-9-11-23(12-10-22)19-28-15-3-2-4-16-28/h7-14,24H,2-6,15-20H2,1H3,(H,27,30). The fourth-order valence-electron chi connectivity index (χ4n) is 4.71. The van der Waals surface area contributed by atoms with Gasteiger partial charge in [0, 0.05) is 26.2 Å². The minimum Gasteiger partial charge on any atom is -0.352 e. The lowest BCUT2D eigenvalue weighted by Crippen LogP contribution is -2.45. The Morgan fingerprint density at radius 2 is 1.58 bits per heavy atom. The topological polar surface area (TPSA) is 69.7 Å². The number of aryl methyl sites for hydroxylation is 1. The van der Waals surface area contributed by atoms with Crippen molar-refractivity contribution < 1.29 is 13.2 Å². The zero-order valence-electron chi connectivity index (χ0n) is 19.5. The maximum Gasteiger partial charge on any atom is 0.243 e. The monoisotopic (exact) mass is 469 g/mol. The summed E-state index contributed by atoms with van der Waals surface area (Å²) in [5, 5.41) is 3.02. The van der Waals surface area contributed by atoms with Crippen molar-refractivity contribution in [1.29, 1.82) is 0 Å². The minimum absolute atomic E-state index is 0.0730. The summed E-state index contributed by atoms with van der Waals surface area (Å²) < 4.78 is 27.5. The number of rotatable bonds is 7. The molecule has 178 valence electrons. The number of piperidine rings is 2. The molecule has 2 aliphatic heterocycles. The highest BCUT2D eigenvalue weighted by Crippen LogP contribution is 2.24. The quantitative estimate of drug-likeness (QED) is 0.671. The SMILES string of the molecule is Cc1ccc(S(=O)(=O)N2CCCC(C(=O)NCc3ccc(CN4CCCCC4)cc3)C2)cc1. The number of nitrogens with one attached hydrogen (secondary N) is 1. The number of carbonyl (C=O) groups is 1. The Kier molecular flexibility index (Phi) is 7.83. The molecule has 0 radical (unpaired) electrons. The summed E-state index contributed by atoms with van der Waals surface area (Å²) in [6, 6.07) is 15.3. The molecule has 2 aromatic carbocycles. The average molecular weight is 470 g/mol. The summed E-state index contributed by atoms with van der Waals surface area (Å²) in [5.41, 5.74) is 3.38. The van der Waals surface area contributed by atoms with Crippen molar-refractivity contribution in [2.45, 2.75) is 57.0 Å². The molecule has 2 fully saturated rings. The van der Waals surface area contributed by atoms with Crippen molar-refractivity contribution in [3.05, 3.63) is 65.2 Å². The highest BCUT2D eigenvalue weighted by atomic mass is 32.2. The molecule has 2 heterocycles.